The Balaban J connectivity index is 1.45. The van der Waals surface area contributed by atoms with Crippen LogP contribution in [-0.2, 0) is 19.6 Å². The predicted molar refractivity (Wildman–Crippen MR) is 163 cm³/mol. The lowest BCUT2D eigenvalue weighted by atomic mass is 9.80. The third-order valence-electron chi connectivity index (χ3n) is 7.69. The highest BCUT2D eigenvalue weighted by Gasteiger charge is 2.33. The number of hydrogen-bond donors (Lipinski definition) is 1. The van der Waals surface area contributed by atoms with Crippen molar-refractivity contribution in [3.8, 4) is 17.2 Å². The van der Waals surface area contributed by atoms with Crippen LogP contribution in [-0.4, -0.2) is 38.2 Å². The molecule has 1 fully saturated rings. The van der Waals surface area contributed by atoms with Crippen molar-refractivity contribution in [2.24, 2.45) is 5.41 Å². The number of nitrogens with one attached hydrogen (secondary N) is 1. The van der Waals surface area contributed by atoms with E-state index >= 15 is 0 Å². The number of pyridine rings is 1. The number of halogens is 4. The van der Waals surface area contributed by atoms with Gasteiger partial charge in [0.25, 0.3) is 12.0 Å². The molecule has 8 nitrogen and oxygen atoms in total. The van der Waals surface area contributed by atoms with Gasteiger partial charge in [0.1, 0.15) is 0 Å². The summed E-state index contributed by atoms with van der Waals surface area (Å²) < 4.78 is 30.9. The molecule has 1 aliphatic heterocycles. The lowest BCUT2D eigenvalue weighted by Crippen LogP contribution is -2.40. The molecule has 42 heavy (non-hydrogen) atoms. The van der Waals surface area contributed by atoms with Gasteiger partial charge < -0.3 is 9.88 Å². The van der Waals surface area contributed by atoms with Crippen LogP contribution in [0.25, 0.3) is 32.2 Å². The van der Waals surface area contributed by atoms with E-state index in [2.05, 4.69) is 36.9 Å². The average Bonchev–Trinajstić information content (AvgIpc) is 3.57. The van der Waals surface area contributed by atoms with Gasteiger partial charge in [-0.25, -0.2) is 13.6 Å². The summed E-state index contributed by atoms with van der Waals surface area (Å²) in [5.74, 6) is 0. The van der Waals surface area contributed by atoms with Crippen LogP contribution >= 0.6 is 38.9 Å². The van der Waals surface area contributed by atoms with E-state index in [0.717, 1.165) is 68.0 Å². The molecule has 0 aliphatic carbocycles. The number of alkyl halides is 2. The molecule has 0 bridgehead atoms. The Kier molecular flexibility index (Phi) is 7.78. The van der Waals surface area contributed by atoms with E-state index in [9.17, 15) is 23.6 Å². The number of piperidine rings is 1. The molecule has 0 amide bonds. The second kappa shape index (κ2) is 11.4. The van der Waals surface area contributed by atoms with Crippen LogP contribution in [0.4, 0.5) is 8.78 Å². The van der Waals surface area contributed by atoms with Gasteiger partial charge >= 0.3 is 5.69 Å². The maximum absolute atomic E-state index is 13.1. The minimum atomic E-state index is -2.75. The fourth-order valence-corrected chi connectivity index (χ4v) is 7.48. The SMILES string of the molecule is N#CC1(Cn2ccc3cc(Cl)cc(-c4ccnc5cc(Cn6c(=O)c(Br)cn(CC(F)F)c6=O)sc45)c32)CCNCC1. The van der Waals surface area contributed by atoms with Crippen molar-refractivity contribution in [3.63, 3.8) is 0 Å². The first-order valence-corrected chi connectivity index (χ1v) is 15.2. The van der Waals surface area contributed by atoms with Gasteiger partial charge in [0.15, 0.2) is 0 Å². The van der Waals surface area contributed by atoms with E-state index in [0.29, 0.717) is 22.0 Å². The smallest absolute Gasteiger partial charge is 0.331 e. The lowest BCUT2D eigenvalue weighted by molar-refractivity contribution is 0.124. The summed E-state index contributed by atoms with van der Waals surface area (Å²) in [5, 5.41) is 15.0. The highest BCUT2D eigenvalue weighted by molar-refractivity contribution is 9.10. The molecule has 216 valence electrons. The molecule has 0 saturated carbocycles. The van der Waals surface area contributed by atoms with E-state index in [1.54, 1.807) is 12.3 Å². The molecule has 4 aromatic heterocycles. The van der Waals surface area contributed by atoms with Gasteiger partial charge in [-0.15, -0.1) is 11.3 Å². The molecule has 1 saturated heterocycles. The number of nitrogens with zero attached hydrogens (tertiary/aromatic N) is 5. The summed E-state index contributed by atoms with van der Waals surface area (Å²) >= 11 is 11.1. The quantitative estimate of drug-likeness (QED) is 0.233. The molecule has 1 N–H and O–H groups in total. The Morgan fingerprint density at radius 3 is 2.69 bits per heavy atom. The van der Waals surface area contributed by atoms with Gasteiger partial charge in [0.2, 0.25) is 0 Å². The molecule has 1 aromatic carbocycles. The van der Waals surface area contributed by atoms with Crippen molar-refractivity contribution in [2.45, 2.75) is 38.9 Å². The summed E-state index contributed by atoms with van der Waals surface area (Å²) in [5.41, 5.74) is 1.48. The lowest BCUT2D eigenvalue weighted by Gasteiger charge is -2.32. The fraction of sp³-hybridized carbons (Fsp3) is 0.310. The first-order chi connectivity index (χ1) is 20.2. The second-order valence-corrected chi connectivity index (χ2v) is 12.9. The number of rotatable bonds is 7. The number of nitriles is 1. The Hall–Kier alpha value is -3.37. The van der Waals surface area contributed by atoms with Crippen molar-refractivity contribution in [1.82, 2.24) is 24.0 Å². The molecule has 0 radical (unpaired) electrons. The van der Waals surface area contributed by atoms with E-state index in [-0.39, 0.29) is 11.0 Å². The maximum Gasteiger partial charge on any atom is 0.331 e. The predicted octanol–water partition coefficient (Wildman–Crippen LogP) is 5.86. The zero-order valence-electron chi connectivity index (χ0n) is 22.1. The van der Waals surface area contributed by atoms with Crippen LogP contribution in [0.2, 0.25) is 5.02 Å². The van der Waals surface area contributed by atoms with Crippen molar-refractivity contribution < 1.29 is 8.78 Å². The van der Waals surface area contributed by atoms with E-state index in [1.807, 2.05) is 30.5 Å². The summed E-state index contributed by atoms with van der Waals surface area (Å²) in [6.45, 7) is 1.22. The molecule has 0 unspecified atom stereocenters. The van der Waals surface area contributed by atoms with Gasteiger partial charge in [-0.1, -0.05) is 11.6 Å². The van der Waals surface area contributed by atoms with Crippen molar-refractivity contribution in [3.05, 3.63) is 84.1 Å². The van der Waals surface area contributed by atoms with E-state index in [1.165, 1.54) is 11.3 Å². The van der Waals surface area contributed by atoms with Crippen molar-refractivity contribution >= 4 is 60.0 Å². The Labute approximate surface area is 255 Å². The minimum Gasteiger partial charge on any atom is -0.345 e. The zero-order valence-corrected chi connectivity index (χ0v) is 25.3. The van der Waals surface area contributed by atoms with Gasteiger partial charge in [-0.3, -0.25) is 18.9 Å². The molecule has 0 spiro atoms. The number of aromatic nitrogens is 4. The van der Waals surface area contributed by atoms with Crippen LogP contribution in [0.1, 0.15) is 17.7 Å². The number of thiophene rings is 1. The van der Waals surface area contributed by atoms with E-state index in [4.69, 9.17) is 11.6 Å². The van der Waals surface area contributed by atoms with Gasteiger partial charge in [-0.05, 0) is 72.2 Å². The normalized spacial score (nSPS) is 15.0. The van der Waals surface area contributed by atoms with Crippen LogP contribution in [0.15, 0.2) is 63.0 Å². The highest BCUT2D eigenvalue weighted by atomic mass is 79.9. The Bertz CT molecular complexity index is 1990. The number of hydrogen-bond acceptors (Lipinski definition) is 6. The van der Waals surface area contributed by atoms with Gasteiger partial charge in [0.05, 0.1) is 44.8 Å². The summed E-state index contributed by atoms with van der Waals surface area (Å²) in [4.78, 5) is 30.9. The molecule has 1 aliphatic rings. The average molecular weight is 674 g/mol. The molecule has 0 atom stereocenters. The first-order valence-electron chi connectivity index (χ1n) is 13.2. The van der Waals surface area contributed by atoms with Gasteiger partial charge in [-0.2, -0.15) is 5.26 Å². The van der Waals surface area contributed by atoms with E-state index < -0.39 is 29.6 Å². The molecule has 13 heteroatoms. The summed E-state index contributed by atoms with van der Waals surface area (Å²) in [6.07, 6.45) is 3.55. The molecule has 5 heterocycles. The largest absolute Gasteiger partial charge is 0.345 e. The van der Waals surface area contributed by atoms with Crippen LogP contribution in [0, 0.1) is 16.7 Å². The molecule has 5 aromatic rings. The van der Waals surface area contributed by atoms with Crippen LogP contribution < -0.4 is 16.6 Å². The standard InChI is InChI=1S/C29H24BrClF2N6O2S/c30-22-13-38(14-24(32)33)28(41)39(27(22)40)12-19-11-23-26(42-19)20(1-5-36-23)21-10-18(31)9-17-2-8-37(25(17)21)16-29(15-34)3-6-35-7-4-29/h1-2,5,8-11,13,24,35H,3-4,6-7,12,14,16H2. The summed E-state index contributed by atoms with van der Waals surface area (Å²) in [6, 6.07) is 12.1. The Morgan fingerprint density at radius 1 is 1.17 bits per heavy atom. The third kappa shape index (κ3) is 5.30. The second-order valence-electron chi connectivity index (χ2n) is 10.5. The van der Waals surface area contributed by atoms with Crippen molar-refractivity contribution in [2.75, 3.05) is 13.1 Å². The van der Waals surface area contributed by atoms with Crippen LogP contribution in [0.5, 0.6) is 0 Å². The van der Waals surface area contributed by atoms with Gasteiger partial charge in [0, 0.05) is 51.5 Å². The maximum atomic E-state index is 13.1. The molecule has 6 rings (SSSR count). The number of benzene rings is 1. The minimum absolute atomic E-state index is 0.0219. The molecular formula is C29H24BrClF2N6O2S. The summed E-state index contributed by atoms with van der Waals surface area (Å²) in [7, 11) is 0. The Morgan fingerprint density at radius 2 is 1.95 bits per heavy atom. The topological polar surface area (TPSA) is 97.6 Å². The zero-order chi connectivity index (χ0) is 29.6. The van der Waals surface area contributed by atoms with Crippen molar-refractivity contribution in [1.29, 1.82) is 5.26 Å². The highest BCUT2D eigenvalue weighted by Crippen LogP contribution is 2.40. The fourth-order valence-electron chi connectivity index (χ4n) is 5.66. The third-order valence-corrected chi connectivity index (χ3v) is 9.60. The van der Waals surface area contributed by atoms with Crippen LogP contribution in [0.3, 0.4) is 0 Å². The molecular weight excluding hydrogens is 650 g/mol. The number of fused-ring (bicyclic) bond motifs is 2. The monoisotopic (exact) mass is 672 g/mol. The first kappa shape index (κ1) is 28.7.